The van der Waals surface area contributed by atoms with Crippen molar-refractivity contribution in [1.29, 1.82) is 0 Å². The molecule has 0 bridgehead atoms. The number of rotatable bonds is 6. The smallest absolute Gasteiger partial charge is 0.234 e. The van der Waals surface area contributed by atoms with Gasteiger partial charge in [0.2, 0.25) is 10.0 Å². The highest BCUT2D eigenvalue weighted by atomic mass is 32.2. The summed E-state index contributed by atoms with van der Waals surface area (Å²) in [6.07, 6.45) is 3.89. The van der Waals surface area contributed by atoms with Crippen LogP contribution >= 0.6 is 0 Å². The zero-order valence-electron chi connectivity index (χ0n) is 14.2. The van der Waals surface area contributed by atoms with Crippen LogP contribution in [-0.2, 0) is 16.6 Å². The number of sulfonamides is 1. The highest BCUT2D eigenvalue weighted by Crippen LogP contribution is 2.18. The molecule has 25 heavy (non-hydrogen) atoms. The first-order valence-electron chi connectivity index (χ1n) is 8.34. The van der Waals surface area contributed by atoms with E-state index in [1.54, 1.807) is 6.08 Å². The molecule has 0 atom stereocenters. The first-order chi connectivity index (χ1) is 12.0. The summed E-state index contributed by atoms with van der Waals surface area (Å²) in [7, 11) is -3.55. The number of benzene rings is 1. The molecule has 1 aromatic heterocycles. The van der Waals surface area contributed by atoms with Gasteiger partial charge in [0.15, 0.2) is 0 Å². The molecular weight excluding hydrogens is 336 g/mol. The third kappa shape index (κ3) is 5.11. The van der Waals surface area contributed by atoms with Crippen LogP contribution in [0.5, 0.6) is 0 Å². The summed E-state index contributed by atoms with van der Waals surface area (Å²) in [5.41, 5.74) is 1.67. The number of anilines is 1. The van der Waals surface area contributed by atoms with Crippen molar-refractivity contribution < 1.29 is 8.42 Å². The maximum Gasteiger partial charge on any atom is 0.234 e. The Bertz CT molecular complexity index is 845. The molecule has 0 spiro atoms. The van der Waals surface area contributed by atoms with Crippen molar-refractivity contribution in [2.24, 2.45) is 0 Å². The third-order valence-corrected chi connectivity index (χ3v) is 5.03. The van der Waals surface area contributed by atoms with Gasteiger partial charge < -0.3 is 4.90 Å². The van der Waals surface area contributed by atoms with Gasteiger partial charge in [0, 0.05) is 30.3 Å². The molecule has 1 aliphatic rings. The average molecular weight is 358 g/mol. The Morgan fingerprint density at radius 2 is 1.88 bits per heavy atom. The van der Waals surface area contributed by atoms with E-state index in [9.17, 15) is 8.42 Å². The number of aryl methyl sites for hydroxylation is 1. The number of hydrogen-bond acceptors (Lipinski definition) is 5. The van der Waals surface area contributed by atoms with E-state index in [2.05, 4.69) is 19.6 Å². The van der Waals surface area contributed by atoms with E-state index in [-0.39, 0.29) is 6.54 Å². The van der Waals surface area contributed by atoms with Crippen molar-refractivity contribution in [3.05, 3.63) is 58.9 Å². The molecule has 2 heterocycles. The van der Waals surface area contributed by atoms with Crippen LogP contribution in [0.25, 0.3) is 6.08 Å². The number of nitrogens with zero attached hydrogens (tertiary/aromatic N) is 3. The molecule has 7 heteroatoms. The van der Waals surface area contributed by atoms with Crippen LogP contribution in [0.1, 0.15) is 29.9 Å². The fourth-order valence-corrected chi connectivity index (χ4v) is 3.51. The number of aromatic nitrogens is 2. The minimum Gasteiger partial charge on any atom is -0.357 e. The van der Waals surface area contributed by atoms with Crippen molar-refractivity contribution in [3.8, 4) is 0 Å². The van der Waals surface area contributed by atoms with E-state index in [0.29, 0.717) is 5.82 Å². The lowest BCUT2D eigenvalue weighted by Crippen LogP contribution is -2.24. The van der Waals surface area contributed by atoms with Gasteiger partial charge in [0.05, 0.1) is 6.54 Å². The predicted molar refractivity (Wildman–Crippen MR) is 99.5 cm³/mol. The minimum absolute atomic E-state index is 0.0734. The van der Waals surface area contributed by atoms with Crippen LogP contribution in [-0.4, -0.2) is 31.5 Å². The summed E-state index contributed by atoms with van der Waals surface area (Å²) in [6, 6.07) is 11.2. The van der Waals surface area contributed by atoms with Gasteiger partial charge in [-0.3, -0.25) is 0 Å². The lowest BCUT2D eigenvalue weighted by Gasteiger charge is -2.17. The van der Waals surface area contributed by atoms with E-state index in [0.717, 1.165) is 43.0 Å². The first kappa shape index (κ1) is 17.6. The molecule has 2 aromatic rings. The molecule has 6 nitrogen and oxygen atoms in total. The van der Waals surface area contributed by atoms with Crippen LogP contribution in [0.2, 0.25) is 0 Å². The molecule has 0 aliphatic carbocycles. The standard InChI is InChI=1S/C18H22N4O2S/c1-15-13-18(22-10-5-6-11-22)21-17(20-15)14-19-25(23,24)12-9-16-7-3-2-4-8-16/h2-4,7-9,12-13,19H,5-6,10-11,14H2,1H3/b12-9+. The van der Waals surface area contributed by atoms with Crippen molar-refractivity contribution in [3.63, 3.8) is 0 Å². The molecule has 0 radical (unpaired) electrons. The number of hydrogen-bond donors (Lipinski definition) is 1. The fourth-order valence-electron chi connectivity index (χ4n) is 2.75. The van der Waals surface area contributed by atoms with Gasteiger partial charge in [-0.1, -0.05) is 30.3 Å². The number of nitrogens with one attached hydrogen (secondary N) is 1. The SMILES string of the molecule is Cc1cc(N2CCCC2)nc(CNS(=O)(=O)/C=C/c2ccccc2)n1. The Morgan fingerprint density at radius 1 is 1.16 bits per heavy atom. The molecule has 1 saturated heterocycles. The summed E-state index contributed by atoms with van der Waals surface area (Å²) in [5.74, 6) is 1.36. The fraction of sp³-hybridized carbons (Fsp3) is 0.333. The molecule has 0 unspecified atom stereocenters. The maximum absolute atomic E-state index is 12.1. The molecule has 0 amide bonds. The molecular formula is C18H22N4O2S. The van der Waals surface area contributed by atoms with E-state index in [1.807, 2.05) is 43.3 Å². The van der Waals surface area contributed by atoms with Crippen molar-refractivity contribution >= 4 is 21.9 Å². The predicted octanol–water partition coefficient (Wildman–Crippen LogP) is 2.48. The normalized spacial score (nSPS) is 15.2. The van der Waals surface area contributed by atoms with Crippen molar-refractivity contribution in [1.82, 2.24) is 14.7 Å². The Hall–Kier alpha value is -2.25. The van der Waals surface area contributed by atoms with Crippen LogP contribution in [0, 0.1) is 6.92 Å². The van der Waals surface area contributed by atoms with Crippen molar-refractivity contribution in [2.75, 3.05) is 18.0 Å². The summed E-state index contributed by atoms with van der Waals surface area (Å²) in [5, 5.41) is 1.17. The van der Waals surface area contributed by atoms with Crippen LogP contribution in [0.3, 0.4) is 0 Å². The van der Waals surface area contributed by atoms with Gasteiger partial charge in [-0.15, -0.1) is 0 Å². The third-order valence-electron chi connectivity index (χ3n) is 3.99. The largest absolute Gasteiger partial charge is 0.357 e. The van der Waals surface area contributed by atoms with Crippen LogP contribution in [0.15, 0.2) is 41.8 Å². The lowest BCUT2D eigenvalue weighted by molar-refractivity contribution is 0.588. The molecule has 1 aromatic carbocycles. The maximum atomic E-state index is 12.1. The van der Waals surface area contributed by atoms with Gasteiger partial charge in [0.25, 0.3) is 0 Å². The van der Waals surface area contributed by atoms with E-state index in [4.69, 9.17) is 0 Å². The van der Waals surface area contributed by atoms with Crippen molar-refractivity contribution in [2.45, 2.75) is 26.3 Å². The Morgan fingerprint density at radius 3 is 2.60 bits per heavy atom. The van der Waals surface area contributed by atoms with E-state index >= 15 is 0 Å². The van der Waals surface area contributed by atoms with Gasteiger partial charge in [-0.05, 0) is 31.4 Å². The average Bonchev–Trinajstić information content (AvgIpc) is 3.14. The molecule has 132 valence electrons. The van der Waals surface area contributed by atoms with Gasteiger partial charge >= 0.3 is 0 Å². The van der Waals surface area contributed by atoms with E-state index < -0.39 is 10.0 Å². The Balaban J connectivity index is 1.67. The quantitative estimate of drug-likeness (QED) is 0.859. The second-order valence-electron chi connectivity index (χ2n) is 6.06. The summed E-state index contributed by atoms with van der Waals surface area (Å²) in [6.45, 7) is 3.95. The van der Waals surface area contributed by atoms with Crippen LogP contribution < -0.4 is 9.62 Å². The Kier molecular flexibility index (Phi) is 5.45. The topological polar surface area (TPSA) is 75.2 Å². The van der Waals surface area contributed by atoms with Crippen LogP contribution in [0.4, 0.5) is 5.82 Å². The van der Waals surface area contributed by atoms with Gasteiger partial charge in [-0.25, -0.2) is 23.1 Å². The molecule has 3 rings (SSSR count). The molecule has 1 N–H and O–H groups in total. The highest BCUT2D eigenvalue weighted by Gasteiger charge is 2.15. The summed E-state index contributed by atoms with van der Waals surface area (Å²) < 4.78 is 26.8. The lowest BCUT2D eigenvalue weighted by atomic mass is 10.2. The monoisotopic (exact) mass is 358 g/mol. The summed E-state index contributed by atoms with van der Waals surface area (Å²) >= 11 is 0. The van der Waals surface area contributed by atoms with E-state index in [1.165, 1.54) is 5.41 Å². The minimum atomic E-state index is -3.55. The van der Waals surface area contributed by atoms with Gasteiger partial charge in [-0.2, -0.15) is 0 Å². The first-order valence-corrected chi connectivity index (χ1v) is 9.89. The zero-order valence-corrected chi connectivity index (χ0v) is 15.0. The second-order valence-corrected chi connectivity index (χ2v) is 7.71. The Labute approximate surface area is 148 Å². The van der Waals surface area contributed by atoms with Gasteiger partial charge in [0.1, 0.15) is 11.6 Å². The zero-order chi connectivity index (χ0) is 17.7. The highest BCUT2D eigenvalue weighted by molar-refractivity contribution is 7.92. The molecule has 0 saturated carbocycles. The molecule has 1 aliphatic heterocycles. The summed E-state index contributed by atoms with van der Waals surface area (Å²) in [4.78, 5) is 11.0. The molecule has 1 fully saturated rings. The second kappa shape index (κ2) is 7.76.